The van der Waals surface area contributed by atoms with E-state index in [1.54, 1.807) is 0 Å². The first-order valence-electron chi connectivity index (χ1n) is 6.46. The van der Waals surface area contributed by atoms with E-state index in [2.05, 4.69) is 19.3 Å². The van der Waals surface area contributed by atoms with Crippen molar-refractivity contribution in [3.63, 3.8) is 0 Å². The van der Waals surface area contributed by atoms with E-state index in [4.69, 9.17) is 0 Å². The lowest BCUT2D eigenvalue weighted by atomic mass is 9.89. The van der Waals surface area contributed by atoms with Crippen molar-refractivity contribution in [1.82, 2.24) is 5.32 Å². The predicted molar refractivity (Wildman–Crippen MR) is 63.6 cm³/mol. The molecule has 0 amide bonds. The topological polar surface area (TPSA) is 12.0 Å². The van der Waals surface area contributed by atoms with Crippen molar-refractivity contribution in [2.45, 2.75) is 76.7 Å². The normalized spacial score (nSPS) is 25.3. The Balaban J connectivity index is 2.35. The maximum Gasteiger partial charge on any atom is 0.0150 e. The Bertz CT molecular complexity index is 130. The Kier molecular flexibility index (Phi) is 5.54. The van der Waals surface area contributed by atoms with Crippen molar-refractivity contribution in [3.05, 3.63) is 0 Å². The van der Waals surface area contributed by atoms with Gasteiger partial charge < -0.3 is 5.32 Å². The summed E-state index contributed by atoms with van der Waals surface area (Å²) in [6.45, 7) is 2.39. The van der Waals surface area contributed by atoms with Crippen molar-refractivity contribution >= 4 is 0 Å². The summed E-state index contributed by atoms with van der Waals surface area (Å²) in [6, 6.07) is 0. The highest BCUT2D eigenvalue weighted by Crippen LogP contribution is 2.23. The van der Waals surface area contributed by atoms with E-state index >= 15 is 0 Å². The first-order chi connectivity index (χ1) is 6.77. The zero-order chi connectivity index (χ0) is 10.3. The molecule has 0 aromatic heterocycles. The summed E-state index contributed by atoms with van der Waals surface area (Å²) < 4.78 is 0. The van der Waals surface area contributed by atoms with Gasteiger partial charge in [-0.2, -0.15) is 0 Å². The molecule has 0 unspecified atom stereocenters. The van der Waals surface area contributed by atoms with Crippen LogP contribution >= 0.6 is 0 Å². The van der Waals surface area contributed by atoms with Crippen LogP contribution < -0.4 is 5.32 Å². The van der Waals surface area contributed by atoms with Gasteiger partial charge in [0.25, 0.3) is 0 Å². The van der Waals surface area contributed by atoms with Crippen LogP contribution in [0.5, 0.6) is 0 Å². The molecular formula is C13H27N. The summed E-state index contributed by atoms with van der Waals surface area (Å²) in [5.41, 5.74) is 0.421. The third kappa shape index (κ3) is 4.45. The molecule has 1 aliphatic carbocycles. The third-order valence-corrected chi connectivity index (χ3v) is 3.81. The van der Waals surface area contributed by atoms with Crippen LogP contribution in [0.25, 0.3) is 0 Å². The molecule has 1 fully saturated rings. The fraction of sp³-hybridized carbons (Fsp3) is 1.00. The lowest BCUT2D eigenvalue weighted by molar-refractivity contribution is 0.311. The van der Waals surface area contributed by atoms with Gasteiger partial charge in [0.15, 0.2) is 0 Å². The summed E-state index contributed by atoms with van der Waals surface area (Å²) in [6.07, 6.45) is 14.3. The van der Waals surface area contributed by atoms with E-state index in [1.165, 1.54) is 64.2 Å². The number of nitrogens with one attached hydrogen (secondary N) is 1. The maximum atomic E-state index is 3.52. The first-order valence-corrected chi connectivity index (χ1v) is 6.46. The highest BCUT2D eigenvalue weighted by Gasteiger charge is 2.20. The van der Waals surface area contributed by atoms with Crippen LogP contribution in [0.2, 0.25) is 0 Å². The van der Waals surface area contributed by atoms with E-state index in [-0.39, 0.29) is 0 Å². The second-order valence-corrected chi connectivity index (χ2v) is 5.14. The molecule has 0 spiro atoms. The summed E-state index contributed by atoms with van der Waals surface area (Å²) in [5, 5.41) is 3.52. The van der Waals surface area contributed by atoms with Gasteiger partial charge in [-0.3, -0.25) is 0 Å². The lowest BCUT2D eigenvalue weighted by Gasteiger charge is -2.29. The van der Waals surface area contributed by atoms with E-state index in [0.29, 0.717) is 5.54 Å². The molecule has 1 aliphatic rings. The average molecular weight is 197 g/mol. The molecule has 0 atom stereocenters. The van der Waals surface area contributed by atoms with Crippen LogP contribution in [0.1, 0.15) is 71.1 Å². The number of rotatable bonds is 1. The summed E-state index contributed by atoms with van der Waals surface area (Å²) in [5.74, 6) is 0. The minimum atomic E-state index is 0.421. The van der Waals surface area contributed by atoms with E-state index in [9.17, 15) is 0 Å². The van der Waals surface area contributed by atoms with Crippen LogP contribution in [-0.2, 0) is 0 Å². The molecular weight excluding hydrogens is 170 g/mol. The Morgan fingerprint density at radius 2 is 1.07 bits per heavy atom. The monoisotopic (exact) mass is 197 g/mol. The van der Waals surface area contributed by atoms with Crippen molar-refractivity contribution in [1.29, 1.82) is 0 Å². The molecule has 1 heteroatoms. The molecule has 1 saturated carbocycles. The summed E-state index contributed by atoms with van der Waals surface area (Å²) in [7, 11) is 2.12. The lowest BCUT2D eigenvalue weighted by Crippen LogP contribution is -2.39. The fourth-order valence-electron chi connectivity index (χ4n) is 2.47. The van der Waals surface area contributed by atoms with Crippen molar-refractivity contribution in [2.24, 2.45) is 0 Å². The van der Waals surface area contributed by atoms with Gasteiger partial charge in [-0.15, -0.1) is 0 Å². The molecule has 0 heterocycles. The molecule has 84 valence electrons. The molecule has 1 N–H and O–H groups in total. The van der Waals surface area contributed by atoms with Gasteiger partial charge in [0, 0.05) is 5.54 Å². The highest BCUT2D eigenvalue weighted by molar-refractivity contribution is 4.81. The molecule has 1 rings (SSSR count). The Labute approximate surface area is 89.7 Å². The van der Waals surface area contributed by atoms with Gasteiger partial charge in [0.05, 0.1) is 0 Å². The fourth-order valence-corrected chi connectivity index (χ4v) is 2.47. The van der Waals surface area contributed by atoms with Crippen LogP contribution in [0, 0.1) is 0 Å². The number of hydrogen-bond acceptors (Lipinski definition) is 1. The molecule has 0 saturated heterocycles. The van der Waals surface area contributed by atoms with Gasteiger partial charge >= 0.3 is 0 Å². The molecule has 14 heavy (non-hydrogen) atoms. The largest absolute Gasteiger partial charge is 0.315 e. The van der Waals surface area contributed by atoms with Gasteiger partial charge in [-0.05, 0) is 26.8 Å². The van der Waals surface area contributed by atoms with E-state index < -0.39 is 0 Å². The van der Waals surface area contributed by atoms with E-state index in [0.717, 1.165) is 0 Å². The van der Waals surface area contributed by atoms with Crippen LogP contribution in [-0.4, -0.2) is 12.6 Å². The number of hydrogen-bond donors (Lipinski definition) is 1. The van der Waals surface area contributed by atoms with Gasteiger partial charge in [0.2, 0.25) is 0 Å². The molecule has 0 bridgehead atoms. The van der Waals surface area contributed by atoms with Crippen LogP contribution in [0.4, 0.5) is 0 Å². The summed E-state index contributed by atoms with van der Waals surface area (Å²) >= 11 is 0. The third-order valence-electron chi connectivity index (χ3n) is 3.81. The summed E-state index contributed by atoms with van der Waals surface area (Å²) in [4.78, 5) is 0. The molecule has 0 radical (unpaired) electrons. The first kappa shape index (κ1) is 12.0. The SMILES string of the molecule is CNC1(C)CCCCCCCCCC1. The van der Waals surface area contributed by atoms with Crippen LogP contribution in [0.3, 0.4) is 0 Å². The van der Waals surface area contributed by atoms with Crippen molar-refractivity contribution in [2.75, 3.05) is 7.05 Å². The van der Waals surface area contributed by atoms with Gasteiger partial charge in [-0.1, -0.05) is 51.4 Å². The van der Waals surface area contributed by atoms with E-state index in [1.807, 2.05) is 0 Å². The smallest absolute Gasteiger partial charge is 0.0150 e. The zero-order valence-corrected chi connectivity index (χ0v) is 10.1. The molecule has 1 nitrogen and oxygen atoms in total. The zero-order valence-electron chi connectivity index (χ0n) is 10.1. The second-order valence-electron chi connectivity index (χ2n) is 5.14. The predicted octanol–water partition coefficient (Wildman–Crippen LogP) is 3.88. The molecule has 0 aromatic rings. The standard InChI is InChI=1S/C13H27N/c1-13(14-2)11-9-7-5-3-4-6-8-10-12-13/h14H,3-12H2,1-2H3. The highest BCUT2D eigenvalue weighted by atomic mass is 14.9. The van der Waals surface area contributed by atoms with Crippen molar-refractivity contribution < 1.29 is 0 Å². The Morgan fingerprint density at radius 3 is 1.43 bits per heavy atom. The quantitative estimate of drug-likeness (QED) is 0.672. The van der Waals surface area contributed by atoms with Gasteiger partial charge in [-0.25, -0.2) is 0 Å². The minimum Gasteiger partial charge on any atom is -0.315 e. The Morgan fingerprint density at radius 1 is 0.714 bits per heavy atom. The van der Waals surface area contributed by atoms with Gasteiger partial charge in [0.1, 0.15) is 0 Å². The van der Waals surface area contributed by atoms with Crippen molar-refractivity contribution in [3.8, 4) is 0 Å². The molecule has 0 aliphatic heterocycles. The Hall–Kier alpha value is -0.0400. The van der Waals surface area contributed by atoms with Crippen LogP contribution in [0.15, 0.2) is 0 Å². The average Bonchev–Trinajstić information content (AvgIpc) is 2.24. The molecule has 0 aromatic carbocycles. The minimum absolute atomic E-state index is 0.421. The maximum absolute atomic E-state index is 3.52. The second kappa shape index (κ2) is 6.44.